The summed E-state index contributed by atoms with van der Waals surface area (Å²) in [5.74, 6) is -3.54. The maximum absolute atomic E-state index is 12.3. The molecule has 2 heterocycles. The molecule has 0 fully saturated rings. The molecule has 180 valence electrons. The maximum Gasteiger partial charge on any atom is 1.00 e. The Bertz CT molecular complexity index is 1160. The number of carboxylic acid groups (broad SMARTS) is 2. The number of aliphatic carboxylic acids is 2. The van der Waals surface area contributed by atoms with Crippen molar-refractivity contribution in [2.45, 2.75) is 24.9 Å². The summed E-state index contributed by atoms with van der Waals surface area (Å²) in [6.07, 6.45) is -0.357. The van der Waals surface area contributed by atoms with Gasteiger partial charge in [0.2, 0.25) is 12.4 Å². The zero-order chi connectivity index (χ0) is 24.8. The minimum absolute atomic E-state index is 0. The number of aromatic nitrogens is 2. The fourth-order valence-corrected chi connectivity index (χ4v) is 3.34. The van der Waals surface area contributed by atoms with Gasteiger partial charge in [-0.3, -0.25) is 19.4 Å². The molecule has 1 aliphatic heterocycles. The Morgan fingerprint density at radius 2 is 1.89 bits per heavy atom. The molecule has 0 spiro atoms. The summed E-state index contributed by atoms with van der Waals surface area (Å²) in [5.41, 5.74) is 5.80. The molecule has 1 aromatic carbocycles. The number of hydrogen-bond donors (Lipinski definition) is 5. The molecule has 2 aromatic rings. The molecule has 6 N–H and O–H groups in total. The van der Waals surface area contributed by atoms with E-state index < -0.39 is 35.9 Å². The molecule has 14 nitrogen and oxygen atoms in total. The minimum atomic E-state index is -1.62. The minimum Gasteiger partial charge on any atom is -0.550 e. The van der Waals surface area contributed by atoms with Gasteiger partial charge in [-0.25, -0.2) is 0 Å². The first-order chi connectivity index (χ1) is 16.2. The van der Waals surface area contributed by atoms with Gasteiger partial charge < -0.3 is 46.4 Å². The molecule has 0 radical (unpaired) electrons. The van der Waals surface area contributed by atoms with E-state index >= 15 is 0 Å². The average molecular weight is 523 g/mol. The normalized spacial score (nSPS) is 14.3. The second-order valence-corrected chi connectivity index (χ2v) is 7.46. The van der Waals surface area contributed by atoms with Crippen molar-refractivity contribution in [3.8, 4) is 0 Å². The van der Waals surface area contributed by atoms with Crippen LogP contribution in [0.5, 0.6) is 0 Å². The van der Waals surface area contributed by atoms with Crippen LogP contribution >= 0.6 is 0 Å². The summed E-state index contributed by atoms with van der Waals surface area (Å²) in [6, 6.07) is 3.88. The van der Waals surface area contributed by atoms with E-state index in [-0.39, 0.29) is 95.3 Å². The fraction of sp³-hybridized carbons (Fsp3) is 0.300. The number of carbonyl (C=O) groups excluding carboxylic acids is 4. The zero-order valence-corrected chi connectivity index (χ0v) is 23.7. The number of hydrogen-bond acceptors (Lipinski definition) is 11. The van der Waals surface area contributed by atoms with Gasteiger partial charge in [0.15, 0.2) is 5.82 Å². The summed E-state index contributed by atoms with van der Waals surface area (Å²) in [5, 5.41) is 29.9. The molecule has 36 heavy (non-hydrogen) atoms. The van der Waals surface area contributed by atoms with Crippen LogP contribution in [0.25, 0.3) is 0 Å². The predicted octanol–water partition coefficient (Wildman–Crippen LogP) is -9.39. The van der Waals surface area contributed by atoms with Crippen LogP contribution in [0.1, 0.15) is 23.2 Å². The molecule has 0 saturated carbocycles. The third-order valence-electron chi connectivity index (χ3n) is 5.03. The molecule has 2 atom stereocenters. The first-order valence-electron chi connectivity index (χ1n) is 10.1. The predicted molar refractivity (Wildman–Crippen MR) is 116 cm³/mol. The quantitative estimate of drug-likeness (QED) is 0.145. The SMILES string of the molecule is Nc1nc2c(c(=O)[nH]1)NC(CN(C=O)[13c]1[13cH][13cH][13c](C(=O)N[C@@H](CCC(=O)[O-])C(=O)[O-])[13cH][13cH]1)CN2.[Na+].[Na+]. The molecule has 1 aliphatic rings. The molecule has 16 heteroatoms. The number of aromatic amines is 1. The van der Waals surface area contributed by atoms with E-state index in [4.69, 9.17) is 5.73 Å². The molecule has 3 rings (SSSR count). The van der Waals surface area contributed by atoms with Gasteiger partial charge in [0.25, 0.3) is 11.5 Å². The van der Waals surface area contributed by atoms with Crippen LogP contribution < -0.4 is 101 Å². The molecule has 0 aliphatic carbocycles. The Kier molecular flexibility index (Phi) is 12.4. The number of fused-ring (bicyclic) bond motifs is 1. The second-order valence-electron chi connectivity index (χ2n) is 7.46. The smallest absolute Gasteiger partial charge is 0.550 e. The topological polar surface area (TPSA) is 225 Å². The number of nitrogens with zero attached hydrogens (tertiary/aromatic N) is 2. The van der Waals surface area contributed by atoms with Crippen molar-refractivity contribution in [2.75, 3.05) is 34.4 Å². The van der Waals surface area contributed by atoms with E-state index in [2.05, 4.69) is 25.9 Å². The van der Waals surface area contributed by atoms with Crippen molar-refractivity contribution in [2.24, 2.45) is 0 Å². The van der Waals surface area contributed by atoms with E-state index in [1.165, 1.54) is 29.2 Å². The fourth-order valence-electron chi connectivity index (χ4n) is 3.34. The number of carbonyl (C=O) groups is 4. The Morgan fingerprint density at radius 1 is 1.22 bits per heavy atom. The monoisotopic (exact) mass is 523 g/mol. The number of H-pyrrole nitrogens is 1. The van der Waals surface area contributed by atoms with Gasteiger partial charge in [-0.05, 0) is 37.1 Å². The summed E-state index contributed by atoms with van der Waals surface area (Å²) in [7, 11) is 0. The average Bonchev–Trinajstić information content (AvgIpc) is 2.80. The number of anilines is 4. The van der Waals surface area contributed by atoms with Gasteiger partial charge in [-0.1, -0.05) is 0 Å². The first-order valence-corrected chi connectivity index (χ1v) is 10.1. The zero-order valence-electron chi connectivity index (χ0n) is 19.7. The molecular formula is C20H21N7Na2O7. The molecule has 1 aromatic heterocycles. The Balaban J connectivity index is 0.00000324. The van der Waals surface area contributed by atoms with Gasteiger partial charge in [-0.2, -0.15) is 4.98 Å². The van der Waals surface area contributed by atoms with Crippen LogP contribution in [0.15, 0.2) is 29.1 Å². The summed E-state index contributed by atoms with van der Waals surface area (Å²) in [4.78, 5) is 65.5. The van der Waals surface area contributed by atoms with Crippen LogP contribution in [-0.2, 0) is 14.4 Å². The first kappa shape index (κ1) is 31.4. The number of amides is 2. The number of rotatable bonds is 10. The van der Waals surface area contributed by atoms with Crippen molar-refractivity contribution in [3.05, 3.63) is 40.2 Å². The number of nitrogens with one attached hydrogen (secondary N) is 4. The number of carboxylic acids is 2. The summed E-state index contributed by atoms with van der Waals surface area (Å²) < 4.78 is 0. The van der Waals surface area contributed by atoms with E-state index in [9.17, 15) is 34.2 Å². The van der Waals surface area contributed by atoms with E-state index in [0.717, 1.165) is 0 Å². The standard InChI is InChI=1S/C20H23N7O7.2Na/c21-20-25-16-15(18(32)26-20)23-11(7-22-16)8-27(9-28)12-3-1-10(2-4-12)17(31)24-13(19(33)34)5-6-14(29)30;;/h1-4,9,11,13,23H,5-8H2,(H,24,31)(H,29,30)(H,33,34)(H4,21,22,25,26,32);;/q;2*+1/p-2/t11?,13-;;/m0../s1/i1+1,2+1,3+1,4+1,10+1,12+1;;. The van der Waals surface area contributed by atoms with Crippen molar-refractivity contribution in [1.82, 2.24) is 15.3 Å². The number of nitrogens with two attached hydrogens (primary N) is 1. The second kappa shape index (κ2) is 14.2. The third kappa shape index (κ3) is 8.21. The van der Waals surface area contributed by atoms with Gasteiger partial charge in [0.05, 0.1) is 18.1 Å². The maximum atomic E-state index is 12.3. The number of benzene rings is 1. The van der Waals surface area contributed by atoms with Gasteiger partial charge in [-0.15, -0.1) is 0 Å². The van der Waals surface area contributed by atoms with Gasteiger partial charge in [0, 0.05) is 30.3 Å². The van der Waals surface area contributed by atoms with Crippen LogP contribution in [0.4, 0.5) is 23.1 Å². The molecule has 1 unspecified atom stereocenters. The van der Waals surface area contributed by atoms with Crippen LogP contribution in [0, 0.1) is 0 Å². The molecule has 0 bridgehead atoms. The molecule has 0 saturated heterocycles. The molecule has 2 amide bonds. The number of nitrogen functional groups attached to an aromatic ring is 1. The van der Waals surface area contributed by atoms with Crippen LogP contribution in [-0.4, -0.2) is 59.4 Å². The van der Waals surface area contributed by atoms with Crippen LogP contribution in [0.3, 0.4) is 0 Å². The largest absolute Gasteiger partial charge is 1.00 e. The van der Waals surface area contributed by atoms with Crippen LogP contribution in [0.2, 0.25) is 0 Å². The Labute approximate surface area is 249 Å². The van der Waals surface area contributed by atoms with E-state index in [0.29, 0.717) is 24.5 Å². The van der Waals surface area contributed by atoms with Crippen molar-refractivity contribution >= 4 is 47.4 Å². The van der Waals surface area contributed by atoms with Gasteiger partial charge in [0.1, 0.15) is 5.69 Å². The Morgan fingerprint density at radius 3 is 2.47 bits per heavy atom. The van der Waals surface area contributed by atoms with Gasteiger partial charge >= 0.3 is 59.1 Å². The third-order valence-corrected chi connectivity index (χ3v) is 5.03. The van der Waals surface area contributed by atoms with Crippen molar-refractivity contribution in [1.29, 1.82) is 0 Å². The van der Waals surface area contributed by atoms with Crippen molar-refractivity contribution in [3.63, 3.8) is 0 Å². The summed E-state index contributed by atoms with van der Waals surface area (Å²) in [6.45, 7) is 0.519. The van der Waals surface area contributed by atoms with Crippen molar-refractivity contribution < 1.29 is 88.5 Å². The Hall–Kier alpha value is -2.62. The summed E-state index contributed by atoms with van der Waals surface area (Å²) >= 11 is 0. The van der Waals surface area contributed by atoms with E-state index in [1.54, 1.807) is 0 Å². The molecular weight excluding hydrogens is 502 g/mol. The van der Waals surface area contributed by atoms with E-state index in [1.807, 2.05) is 0 Å².